The maximum atomic E-state index is 5.77. The van der Waals surface area contributed by atoms with Gasteiger partial charge >= 0.3 is 0 Å². The van der Waals surface area contributed by atoms with Crippen LogP contribution in [-0.2, 0) is 4.74 Å². The van der Waals surface area contributed by atoms with Crippen molar-refractivity contribution in [2.75, 3.05) is 19.7 Å². The van der Waals surface area contributed by atoms with Gasteiger partial charge in [0, 0.05) is 23.7 Å². The van der Waals surface area contributed by atoms with Crippen molar-refractivity contribution < 1.29 is 4.74 Å². The molecule has 0 aliphatic carbocycles. The molecular formula is C15H20BrNO. The van der Waals surface area contributed by atoms with E-state index in [0.29, 0.717) is 12.1 Å². The lowest BCUT2D eigenvalue weighted by molar-refractivity contribution is 0.0689. The maximum absolute atomic E-state index is 5.77. The standard InChI is InChI=1S/C15H20BrNO/c16-13-5-1-4-12(10-13)15-7-2-8-17(15)11-14-6-3-9-18-14/h1,4-5,10,14-15H,2-3,6-9,11H2. The summed E-state index contributed by atoms with van der Waals surface area (Å²) in [5.74, 6) is 0. The Kier molecular flexibility index (Phi) is 4.02. The van der Waals surface area contributed by atoms with Crippen molar-refractivity contribution in [2.24, 2.45) is 0 Å². The van der Waals surface area contributed by atoms with Gasteiger partial charge in [0.2, 0.25) is 0 Å². The molecule has 1 aromatic rings. The lowest BCUT2D eigenvalue weighted by atomic mass is 10.0. The van der Waals surface area contributed by atoms with Crippen molar-refractivity contribution in [2.45, 2.75) is 37.8 Å². The lowest BCUT2D eigenvalue weighted by Gasteiger charge is -2.27. The topological polar surface area (TPSA) is 12.5 Å². The van der Waals surface area contributed by atoms with Crippen LogP contribution in [-0.4, -0.2) is 30.7 Å². The zero-order valence-electron chi connectivity index (χ0n) is 10.6. The Morgan fingerprint density at radius 3 is 3.00 bits per heavy atom. The fourth-order valence-corrected chi connectivity index (χ4v) is 3.60. The third-order valence-electron chi connectivity index (χ3n) is 4.06. The van der Waals surface area contributed by atoms with Gasteiger partial charge < -0.3 is 4.74 Å². The van der Waals surface area contributed by atoms with Crippen LogP contribution >= 0.6 is 15.9 Å². The molecule has 1 aromatic carbocycles. The molecule has 0 radical (unpaired) electrons. The lowest BCUT2D eigenvalue weighted by Crippen LogP contribution is -2.31. The summed E-state index contributed by atoms with van der Waals surface area (Å²) >= 11 is 3.57. The molecular weight excluding hydrogens is 290 g/mol. The Balaban J connectivity index is 1.70. The van der Waals surface area contributed by atoms with Crippen LogP contribution in [0.5, 0.6) is 0 Å². The molecule has 2 unspecified atom stereocenters. The van der Waals surface area contributed by atoms with E-state index in [-0.39, 0.29) is 0 Å². The van der Waals surface area contributed by atoms with E-state index in [1.165, 1.54) is 42.3 Å². The highest BCUT2D eigenvalue weighted by atomic mass is 79.9. The number of rotatable bonds is 3. The second-order valence-corrected chi connectivity index (χ2v) is 6.26. The first-order chi connectivity index (χ1) is 8.83. The Bertz CT molecular complexity index is 403. The molecule has 3 rings (SSSR count). The van der Waals surface area contributed by atoms with Gasteiger partial charge in [-0.1, -0.05) is 28.1 Å². The molecule has 2 fully saturated rings. The van der Waals surface area contributed by atoms with Crippen molar-refractivity contribution in [3.8, 4) is 0 Å². The van der Waals surface area contributed by atoms with Crippen molar-refractivity contribution >= 4 is 15.9 Å². The molecule has 0 amide bonds. The Hall–Kier alpha value is -0.380. The normalized spacial score (nSPS) is 28.9. The summed E-state index contributed by atoms with van der Waals surface area (Å²) in [7, 11) is 0. The summed E-state index contributed by atoms with van der Waals surface area (Å²) in [6, 6.07) is 9.35. The van der Waals surface area contributed by atoms with E-state index < -0.39 is 0 Å². The molecule has 2 aliphatic heterocycles. The van der Waals surface area contributed by atoms with Gasteiger partial charge in [-0.05, 0) is 49.9 Å². The fraction of sp³-hybridized carbons (Fsp3) is 0.600. The molecule has 0 saturated carbocycles. The van der Waals surface area contributed by atoms with Gasteiger partial charge in [-0.15, -0.1) is 0 Å². The minimum atomic E-state index is 0.470. The highest BCUT2D eigenvalue weighted by Crippen LogP contribution is 2.33. The molecule has 2 heterocycles. The molecule has 0 aromatic heterocycles. The van der Waals surface area contributed by atoms with Gasteiger partial charge in [0.25, 0.3) is 0 Å². The maximum Gasteiger partial charge on any atom is 0.0703 e. The molecule has 98 valence electrons. The summed E-state index contributed by atoms with van der Waals surface area (Å²) < 4.78 is 6.96. The molecule has 0 spiro atoms. The van der Waals surface area contributed by atoms with Crippen LogP contribution in [0.4, 0.5) is 0 Å². The number of nitrogens with zero attached hydrogens (tertiary/aromatic N) is 1. The highest BCUT2D eigenvalue weighted by Gasteiger charge is 2.29. The number of likely N-dealkylation sites (tertiary alicyclic amines) is 1. The van der Waals surface area contributed by atoms with E-state index in [1.807, 2.05) is 0 Å². The van der Waals surface area contributed by atoms with Gasteiger partial charge in [-0.3, -0.25) is 4.90 Å². The number of halogens is 1. The largest absolute Gasteiger partial charge is 0.377 e. The minimum absolute atomic E-state index is 0.470. The zero-order chi connectivity index (χ0) is 12.4. The number of hydrogen-bond donors (Lipinski definition) is 0. The van der Waals surface area contributed by atoms with E-state index in [0.717, 1.165) is 13.2 Å². The fourth-order valence-electron chi connectivity index (χ4n) is 3.19. The predicted octanol–water partition coefficient (Wildman–Crippen LogP) is 3.77. The molecule has 0 N–H and O–H groups in total. The summed E-state index contributed by atoms with van der Waals surface area (Å²) in [6.07, 6.45) is 5.53. The summed E-state index contributed by atoms with van der Waals surface area (Å²) in [5, 5.41) is 0. The molecule has 3 heteroatoms. The van der Waals surface area contributed by atoms with Gasteiger partial charge in [0.1, 0.15) is 0 Å². The summed E-state index contributed by atoms with van der Waals surface area (Å²) in [6.45, 7) is 3.29. The second-order valence-electron chi connectivity index (χ2n) is 5.34. The average molecular weight is 310 g/mol. The van der Waals surface area contributed by atoms with Crippen molar-refractivity contribution in [1.82, 2.24) is 4.90 Å². The SMILES string of the molecule is Brc1cccc(C2CCCN2CC2CCCO2)c1. The number of hydrogen-bond acceptors (Lipinski definition) is 2. The van der Waals surface area contributed by atoms with Crippen LogP contribution in [0.2, 0.25) is 0 Å². The van der Waals surface area contributed by atoms with Crippen LogP contribution in [0.15, 0.2) is 28.7 Å². The first-order valence-electron chi connectivity index (χ1n) is 6.94. The Labute approximate surface area is 117 Å². The Morgan fingerprint density at radius 1 is 1.28 bits per heavy atom. The van der Waals surface area contributed by atoms with Crippen LogP contribution in [0.1, 0.15) is 37.3 Å². The van der Waals surface area contributed by atoms with E-state index in [9.17, 15) is 0 Å². The molecule has 2 aliphatic rings. The summed E-state index contributed by atoms with van der Waals surface area (Å²) in [5.41, 5.74) is 1.44. The molecule has 2 saturated heterocycles. The van der Waals surface area contributed by atoms with E-state index >= 15 is 0 Å². The second kappa shape index (κ2) is 5.72. The van der Waals surface area contributed by atoms with Crippen LogP contribution in [0.3, 0.4) is 0 Å². The minimum Gasteiger partial charge on any atom is -0.377 e. The third-order valence-corrected chi connectivity index (χ3v) is 4.55. The molecule has 0 bridgehead atoms. The van der Waals surface area contributed by atoms with Crippen molar-refractivity contribution in [3.63, 3.8) is 0 Å². The third kappa shape index (κ3) is 2.79. The highest BCUT2D eigenvalue weighted by molar-refractivity contribution is 9.10. The first kappa shape index (κ1) is 12.6. The number of ether oxygens (including phenoxy) is 1. The number of benzene rings is 1. The Morgan fingerprint density at radius 2 is 2.22 bits per heavy atom. The molecule has 18 heavy (non-hydrogen) atoms. The predicted molar refractivity (Wildman–Crippen MR) is 76.7 cm³/mol. The quantitative estimate of drug-likeness (QED) is 0.843. The van der Waals surface area contributed by atoms with Crippen LogP contribution in [0.25, 0.3) is 0 Å². The van der Waals surface area contributed by atoms with Crippen LogP contribution < -0.4 is 0 Å². The van der Waals surface area contributed by atoms with Crippen molar-refractivity contribution in [3.05, 3.63) is 34.3 Å². The first-order valence-corrected chi connectivity index (χ1v) is 7.73. The molecule has 2 atom stereocenters. The van der Waals surface area contributed by atoms with Gasteiger partial charge in [0.05, 0.1) is 6.10 Å². The van der Waals surface area contributed by atoms with Gasteiger partial charge in [-0.25, -0.2) is 0 Å². The van der Waals surface area contributed by atoms with Gasteiger partial charge in [0.15, 0.2) is 0 Å². The van der Waals surface area contributed by atoms with Crippen LogP contribution in [0, 0.1) is 0 Å². The van der Waals surface area contributed by atoms with Crippen molar-refractivity contribution in [1.29, 1.82) is 0 Å². The monoisotopic (exact) mass is 309 g/mol. The molecule has 2 nitrogen and oxygen atoms in total. The zero-order valence-corrected chi connectivity index (χ0v) is 12.2. The van der Waals surface area contributed by atoms with E-state index in [4.69, 9.17) is 4.74 Å². The van der Waals surface area contributed by atoms with Gasteiger partial charge in [-0.2, -0.15) is 0 Å². The summed E-state index contributed by atoms with van der Waals surface area (Å²) in [4.78, 5) is 2.61. The smallest absolute Gasteiger partial charge is 0.0703 e. The van der Waals surface area contributed by atoms with E-state index in [2.05, 4.69) is 45.1 Å². The average Bonchev–Trinajstić information content (AvgIpc) is 3.01. The van der Waals surface area contributed by atoms with E-state index in [1.54, 1.807) is 0 Å².